The van der Waals surface area contributed by atoms with Crippen LogP contribution in [-0.4, -0.2) is 40.0 Å². The maximum Gasteiger partial charge on any atom is 0.338 e. The summed E-state index contributed by atoms with van der Waals surface area (Å²) < 4.78 is 4.58. The van der Waals surface area contributed by atoms with Crippen LogP contribution in [0.5, 0.6) is 0 Å². The van der Waals surface area contributed by atoms with Gasteiger partial charge in [0.05, 0.1) is 12.2 Å². The number of carboxylic acids is 1. The molecule has 0 radical (unpaired) electrons. The Morgan fingerprint density at radius 3 is 2.47 bits per heavy atom. The van der Waals surface area contributed by atoms with Gasteiger partial charge in [-0.1, -0.05) is 18.2 Å². The van der Waals surface area contributed by atoms with E-state index < -0.39 is 24.1 Å². The Morgan fingerprint density at radius 2 is 1.95 bits per heavy atom. The van der Waals surface area contributed by atoms with E-state index in [1.807, 2.05) is 0 Å². The lowest BCUT2D eigenvalue weighted by Crippen LogP contribution is -2.31. The van der Waals surface area contributed by atoms with Crippen LogP contribution in [0.15, 0.2) is 18.2 Å². The Morgan fingerprint density at radius 1 is 1.32 bits per heavy atom. The molecule has 2 atom stereocenters. The lowest BCUT2D eigenvalue weighted by molar-refractivity contribution is -0.159. The highest BCUT2D eigenvalue weighted by Gasteiger charge is 2.30. The number of aryl methyl sites for hydroxylation is 1. The van der Waals surface area contributed by atoms with Crippen LogP contribution in [0.1, 0.15) is 34.5 Å². The van der Waals surface area contributed by atoms with Crippen molar-refractivity contribution in [2.45, 2.75) is 26.1 Å². The zero-order valence-corrected chi connectivity index (χ0v) is 10.7. The molecule has 1 rings (SSSR count). The van der Waals surface area contributed by atoms with Crippen LogP contribution in [0.3, 0.4) is 0 Å². The van der Waals surface area contributed by atoms with Gasteiger partial charge >= 0.3 is 11.9 Å². The van der Waals surface area contributed by atoms with Crippen molar-refractivity contribution < 1.29 is 29.6 Å². The first-order valence-electron chi connectivity index (χ1n) is 5.75. The van der Waals surface area contributed by atoms with Crippen molar-refractivity contribution in [3.63, 3.8) is 0 Å². The summed E-state index contributed by atoms with van der Waals surface area (Å²) in [4.78, 5) is 22.5. The van der Waals surface area contributed by atoms with E-state index >= 15 is 0 Å². The summed E-state index contributed by atoms with van der Waals surface area (Å²) >= 11 is 0. The zero-order chi connectivity index (χ0) is 14.6. The van der Waals surface area contributed by atoms with Gasteiger partial charge in [0.2, 0.25) is 0 Å². The molecule has 0 amide bonds. The van der Waals surface area contributed by atoms with Crippen molar-refractivity contribution in [2.75, 3.05) is 6.61 Å². The van der Waals surface area contributed by atoms with Crippen LogP contribution < -0.4 is 0 Å². The van der Waals surface area contributed by atoms with Gasteiger partial charge in [0.1, 0.15) is 6.10 Å². The number of carbonyl (C=O) groups excluding carboxylic acids is 1. The van der Waals surface area contributed by atoms with E-state index in [0.717, 1.165) is 0 Å². The Labute approximate surface area is 110 Å². The molecule has 0 aromatic heterocycles. The minimum Gasteiger partial charge on any atom is -0.478 e. The van der Waals surface area contributed by atoms with Crippen LogP contribution in [0, 0.1) is 6.92 Å². The van der Waals surface area contributed by atoms with Gasteiger partial charge in [0, 0.05) is 0 Å². The van der Waals surface area contributed by atoms with Crippen molar-refractivity contribution >= 4 is 11.9 Å². The lowest BCUT2D eigenvalue weighted by atomic mass is 9.95. The number of benzene rings is 1. The average Bonchev–Trinajstić information content (AvgIpc) is 2.36. The first kappa shape index (κ1) is 15.1. The van der Waals surface area contributed by atoms with E-state index in [1.54, 1.807) is 19.9 Å². The number of hydrogen-bond donors (Lipinski definition) is 3. The first-order chi connectivity index (χ1) is 8.90. The molecule has 1 aromatic rings. The summed E-state index contributed by atoms with van der Waals surface area (Å²) in [7, 11) is 0. The minimum atomic E-state index is -1.82. The summed E-state index contributed by atoms with van der Waals surface area (Å²) in [5.74, 6) is -2.23. The number of ether oxygens (including phenoxy) is 1. The van der Waals surface area contributed by atoms with E-state index in [9.17, 15) is 19.8 Å². The van der Waals surface area contributed by atoms with Gasteiger partial charge in [0.25, 0.3) is 0 Å². The number of aromatic carboxylic acids is 1. The quantitative estimate of drug-likeness (QED) is 0.677. The largest absolute Gasteiger partial charge is 0.478 e. The van der Waals surface area contributed by atoms with Crippen LogP contribution in [0.2, 0.25) is 0 Å². The first-order valence-corrected chi connectivity index (χ1v) is 5.75. The number of rotatable bonds is 5. The zero-order valence-electron chi connectivity index (χ0n) is 10.7. The molecule has 0 fully saturated rings. The highest BCUT2D eigenvalue weighted by molar-refractivity contribution is 5.91. The smallest absolute Gasteiger partial charge is 0.338 e. The van der Waals surface area contributed by atoms with Crippen molar-refractivity contribution in [1.29, 1.82) is 0 Å². The second-order valence-electron chi connectivity index (χ2n) is 3.99. The molecule has 0 saturated carbocycles. The summed E-state index contributed by atoms with van der Waals surface area (Å²) in [5, 5.41) is 28.7. The third-order valence-corrected chi connectivity index (χ3v) is 2.66. The second-order valence-corrected chi connectivity index (χ2v) is 3.99. The van der Waals surface area contributed by atoms with Crippen molar-refractivity contribution in [3.05, 3.63) is 34.9 Å². The highest BCUT2D eigenvalue weighted by atomic mass is 16.5. The van der Waals surface area contributed by atoms with E-state index in [-0.39, 0.29) is 17.7 Å². The molecule has 104 valence electrons. The van der Waals surface area contributed by atoms with E-state index in [1.165, 1.54) is 12.1 Å². The van der Waals surface area contributed by atoms with Gasteiger partial charge in [-0.3, -0.25) is 0 Å². The average molecular weight is 268 g/mol. The number of aliphatic hydroxyl groups excluding tert-OH is 2. The Balaban J connectivity index is 3.12. The fourth-order valence-electron chi connectivity index (χ4n) is 1.76. The van der Waals surface area contributed by atoms with Crippen LogP contribution in [0.25, 0.3) is 0 Å². The Hall–Kier alpha value is -1.92. The molecule has 0 heterocycles. The molecule has 0 aliphatic rings. The molecule has 1 aromatic carbocycles. The molecule has 2 unspecified atom stereocenters. The van der Waals surface area contributed by atoms with Gasteiger partial charge in [-0.25, -0.2) is 9.59 Å². The lowest BCUT2D eigenvalue weighted by Gasteiger charge is -2.19. The Kier molecular flexibility index (Phi) is 5.02. The molecule has 6 heteroatoms. The maximum absolute atomic E-state index is 11.3. The van der Waals surface area contributed by atoms with Gasteiger partial charge in [-0.15, -0.1) is 0 Å². The summed E-state index contributed by atoms with van der Waals surface area (Å²) in [6.45, 7) is 3.19. The number of aliphatic hydroxyl groups is 2. The number of carboxylic acid groups (broad SMARTS) is 1. The molecule has 0 aliphatic carbocycles. The summed E-state index contributed by atoms with van der Waals surface area (Å²) in [5.41, 5.74) is 0.284. The van der Waals surface area contributed by atoms with Crippen LogP contribution >= 0.6 is 0 Å². The minimum absolute atomic E-state index is 0.0203. The van der Waals surface area contributed by atoms with Crippen molar-refractivity contribution in [2.24, 2.45) is 0 Å². The van der Waals surface area contributed by atoms with Gasteiger partial charge in [-0.2, -0.15) is 0 Å². The Bertz CT molecular complexity index is 482. The van der Waals surface area contributed by atoms with Crippen LogP contribution in [0.4, 0.5) is 0 Å². The van der Waals surface area contributed by atoms with E-state index in [4.69, 9.17) is 5.11 Å². The summed E-state index contributed by atoms with van der Waals surface area (Å²) in [6, 6.07) is 4.46. The number of esters is 1. The number of carbonyl (C=O) groups is 2. The standard InChI is InChI=1S/C13H16O6/c1-3-19-13(18)11(15)10(14)8-6-4-5-7(2)9(8)12(16)17/h4-6,10-11,14-15H,3H2,1-2H3,(H,16,17). The fraction of sp³-hybridized carbons (Fsp3) is 0.385. The third-order valence-electron chi connectivity index (χ3n) is 2.66. The van der Waals surface area contributed by atoms with Gasteiger partial charge < -0.3 is 20.1 Å². The SMILES string of the molecule is CCOC(=O)C(O)C(O)c1cccc(C)c1C(=O)O. The van der Waals surface area contributed by atoms with Crippen molar-refractivity contribution in [3.8, 4) is 0 Å². The van der Waals surface area contributed by atoms with Crippen molar-refractivity contribution in [1.82, 2.24) is 0 Å². The van der Waals surface area contributed by atoms with Gasteiger partial charge in [-0.05, 0) is 25.0 Å². The van der Waals surface area contributed by atoms with E-state index in [0.29, 0.717) is 5.56 Å². The predicted molar refractivity (Wildman–Crippen MR) is 65.7 cm³/mol. The molecular formula is C13H16O6. The number of hydrogen-bond acceptors (Lipinski definition) is 5. The molecule has 6 nitrogen and oxygen atoms in total. The molecule has 0 bridgehead atoms. The highest BCUT2D eigenvalue weighted by Crippen LogP contribution is 2.24. The second kappa shape index (κ2) is 6.31. The predicted octanol–water partition coefficient (Wildman–Crippen LogP) is 0.651. The normalized spacial score (nSPS) is 13.7. The van der Waals surface area contributed by atoms with Gasteiger partial charge in [0.15, 0.2) is 6.10 Å². The monoisotopic (exact) mass is 268 g/mol. The fourth-order valence-corrected chi connectivity index (χ4v) is 1.76. The summed E-state index contributed by atoms with van der Waals surface area (Å²) in [6.07, 6.45) is -3.47. The maximum atomic E-state index is 11.3. The molecule has 3 N–H and O–H groups in total. The van der Waals surface area contributed by atoms with Crippen LogP contribution in [-0.2, 0) is 9.53 Å². The topological polar surface area (TPSA) is 104 Å². The third kappa shape index (κ3) is 3.30. The molecule has 0 aliphatic heterocycles. The van der Waals surface area contributed by atoms with E-state index in [2.05, 4.69) is 4.74 Å². The molecule has 0 spiro atoms. The molecule has 0 saturated heterocycles. The molecular weight excluding hydrogens is 252 g/mol. The molecule has 19 heavy (non-hydrogen) atoms.